The number of benzene rings is 6. The van der Waals surface area contributed by atoms with Crippen molar-refractivity contribution in [1.82, 2.24) is 14.8 Å². The number of unbranched alkanes of at least 4 members (excludes halogenated alkanes) is 5. The number of esters is 1. The number of amides is 1. The van der Waals surface area contributed by atoms with Gasteiger partial charge in [-0.05, 0) is 115 Å². The smallest absolute Gasteiger partial charge is 0.303 e. The maximum absolute atomic E-state index is 15.0. The van der Waals surface area contributed by atoms with E-state index < -0.39 is 71.5 Å². The number of nitrogens with zero attached hydrogens (tertiary/aromatic N) is 4. The molecular formula is C73H89FN4O9. The number of hydrogen-bond donors (Lipinski definition) is 1. The normalized spacial score (nSPS) is 21.6. The Morgan fingerprint density at radius 2 is 1.06 bits per heavy atom. The minimum Gasteiger partial charge on any atom is -0.458 e. The van der Waals surface area contributed by atoms with Gasteiger partial charge in [-0.1, -0.05) is 194 Å². The van der Waals surface area contributed by atoms with Crippen molar-refractivity contribution < 1.29 is 47.5 Å². The van der Waals surface area contributed by atoms with E-state index in [2.05, 4.69) is 71.0 Å². The molecule has 1 saturated heterocycles. The molecule has 6 aromatic carbocycles. The third-order valence-electron chi connectivity index (χ3n) is 17.2. The third kappa shape index (κ3) is 14.5. The van der Waals surface area contributed by atoms with Crippen molar-refractivity contribution in [2.24, 2.45) is 5.92 Å². The number of hydrogen-bond acceptors (Lipinski definition) is 11. The molecule has 462 valence electrons. The molecule has 1 aliphatic carbocycles. The van der Waals surface area contributed by atoms with E-state index in [9.17, 15) is 19.1 Å². The summed E-state index contributed by atoms with van der Waals surface area (Å²) in [6.45, 7) is 14.2. The van der Waals surface area contributed by atoms with Crippen LogP contribution in [-0.4, -0.2) is 95.3 Å². The van der Waals surface area contributed by atoms with Crippen LogP contribution in [0.15, 0.2) is 170 Å². The minimum atomic E-state index is -1.78. The highest BCUT2D eigenvalue weighted by atomic mass is 19.1. The summed E-state index contributed by atoms with van der Waals surface area (Å²) in [4.78, 5) is 34.3. The molecule has 13 nitrogen and oxygen atoms in total. The molecule has 0 radical (unpaired) electrons. The number of β-lactam (4-membered cyclic amide) rings is 1. The Kier molecular flexibility index (Phi) is 23.2. The molecule has 0 bridgehead atoms. The van der Waals surface area contributed by atoms with Gasteiger partial charge >= 0.3 is 5.97 Å². The molecule has 1 amide bonds. The fourth-order valence-corrected chi connectivity index (χ4v) is 12.5. The topological polar surface area (TPSA) is 144 Å². The first-order valence-electron chi connectivity index (χ1n) is 31.9. The van der Waals surface area contributed by atoms with Crippen LogP contribution in [0.1, 0.15) is 164 Å². The lowest BCUT2D eigenvalue weighted by Crippen LogP contribution is -2.72. The van der Waals surface area contributed by atoms with Gasteiger partial charge in [0, 0.05) is 51.2 Å². The van der Waals surface area contributed by atoms with Gasteiger partial charge in [0.25, 0.3) is 0 Å². The third-order valence-corrected chi connectivity index (χ3v) is 17.2. The first-order valence-corrected chi connectivity index (χ1v) is 31.9. The number of anilines is 1. The van der Waals surface area contributed by atoms with E-state index in [-0.39, 0.29) is 5.91 Å². The molecule has 14 heteroatoms. The van der Waals surface area contributed by atoms with E-state index in [0.29, 0.717) is 68.5 Å². The van der Waals surface area contributed by atoms with Crippen LogP contribution in [0.5, 0.6) is 0 Å². The van der Waals surface area contributed by atoms with Crippen LogP contribution in [0.2, 0.25) is 0 Å². The van der Waals surface area contributed by atoms with Gasteiger partial charge in [0.05, 0.1) is 12.0 Å². The van der Waals surface area contributed by atoms with Crippen molar-refractivity contribution >= 4 is 17.6 Å². The zero-order valence-electron chi connectivity index (χ0n) is 51.7. The molecule has 1 aliphatic heterocycles. The first-order chi connectivity index (χ1) is 42.5. The number of halogens is 1. The lowest BCUT2D eigenvalue weighted by molar-refractivity contribution is -0.314. The van der Waals surface area contributed by atoms with Crippen LogP contribution >= 0.6 is 0 Å². The Balaban J connectivity index is 1.11. The molecule has 0 spiro atoms. The second-order valence-corrected chi connectivity index (χ2v) is 23.2. The van der Waals surface area contributed by atoms with Crippen LogP contribution < -0.4 is 4.90 Å². The van der Waals surface area contributed by atoms with Gasteiger partial charge in [-0.2, -0.15) is 0 Å². The second-order valence-electron chi connectivity index (χ2n) is 23.2. The monoisotopic (exact) mass is 1180 g/mol. The zero-order valence-corrected chi connectivity index (χ0v) is 51.7. The first kappa shape index (κ1) is 64.6. The molecule has 1 unspecified atom stereocenters. The lowest BCUT2D eigenvalue weighted by Gasteiger charge is -2.54. The molecule has 1 saturated carbocycles. The van der Waals surface area contributed by atoms with Gasteiger partial charge < -0.3 is 38.4 Å². The van der Waals surface area contributed by atoms with Crippen molar-refractivity contribution in [2.75, 3.05) is 37.9 Å². The number of aromatic nitrogens is 3. The minimum absolute atomic E-state index is 0.105. The number of aliphatic hydroxyl groups is 1. The van der Waals surface area contributed by atoms with Crippen molar-refractivity contribution in [3.05, 3.63) is 209 Å². The Bertz CT molecular complexity index is 3060. The summed E-state index contributed by atoms with van der Waals surface area (Å²) in [5.41, 5.74) is 3.88. The molecule has 7 aromatic rings. The predicted octanol–water partition coefficient (Wildman–Crippen LogP) is 14.8. The summed E-state index contributed by atoms with van der Waals surface area (Å²) in [6.07, 6.45) is 6.54. The Labute approximate surface area is 514 Å². The van der Waals surface area contributed by atoms with Gasteiger partial charge in [-0.15, -0.1) is 5.10 Å². The molecule has 2 heterocycles. The average molecular weight is 1190 g/mol. The average Bonchev–Trinajstić information content (AvgIpc) is 1.35. The van der Waals surface area contributed by atoms with E-state index in [1.54, 1.807) is 18.5 Å². The summed E-state index contributed by atoms with van der Waals surface area (Å²) in [6, 6.07) is 52.1. The van der Waals surface area contributed by atoms with Crippen molar-refractivity contribution in [2.45, 2.75) is 172 Å². The molecule has 9 rings (SSSR count). The molecule has 2 fully saturated rings. The van der Waals surface area contributed by atoms with Gasteiger partial charge in [-0.25, -0.2) is 14.1 Å². The predicted molar refractivity (Wildman–Crippen MR) is 338 cm³/mol. The van der Waals surface area contributed by atoms with E-state index >= 15 is 0 Å². The van der Waals surface area contributed by atoms with Gasteiger partial charge in [0.2, 0.25) is 5.91 Å². The summed E-state index contributed by atoms with van der Waals surface area (Å²) < 4.78 is 56.5. The Morgan fingerprint density at radius 3 is 1.52 bits per heavy atom. The molecular weight excluding hydrogens is 1100 g/mol. The fraction of sp³-hybridized carbons (Fsp3) is 0.452. The van der Waals surface area contributed by atoms with Crippen LogP contribution in [0, 0.1) is 11.7 Å². The van der Waals surface area contributed by atoms with Gasteiger partial charge in [-0.3, -0.25) is 9.59 Å². The summed E-state index contributed by atoms with van der Waals surface area (Å²) in [7, 11) is 0. The van der Waals surface area contributed by atoms with Crippen LogP contribution in [-0.2, 0) is 49.2 Å². The molecule has 9 atom stereocenters. The quantitative estimate of drug-likeness (QED) is 0.0182. The SMILES string of the molecule is CCCCO[C@@H]1[C@@H](OCCCC)[C@H](OCCCC)C(O)(c2ccc([C@@H]3[C@@H](CC[C@H](OC(C)=O)c4ccc(F)cc4)C(=O)N3c3ccc(-c4ncn(C(c5ccccc5)(c5ccccc5)c5ccccc5)n4)cc3)cc2)[C@H](OCCCC)[C@H]1OCCCC. The molecule has 1 N–H and O–H groups in total. The van der Waals surface area contributed by atoms with E-state index in [0.717, 1.165) is 92.0 Å². The van der Waals surface area contributed by atoms with Crippen LogP contribution in [0.3, 0.4) is 0 Å². The standard InChI is InChI=1S/C73H89FN4O9/c1-7-12-46-82-65-66(83-47-13-8-2)68(85-49-15-10-4)73(81,69(86-50-16-11-5)67(65)84-48-14-9-3)59-38-32-54(33-39-59)64-62(44-45-63(87-52(6)79)53-34-40-60(74)41-35-53)71(80)78(64)61-42-36-55(37-43-61)70-75-51-77(76-70)72(56-26-20-17-21-27-56,57-28-22-18-23-29-57)58-30-24-19-25-31-58/h17-43,51,62-69,81H,7-16,44-50H2,1-6H3/t62-,63+,64-,65-,66-,67+,68+,69-,73?/m1/s1. The summed E-state index contributed by atoms with van der Waals surface area (Å²) in [5, 5.41) is 19.3. The number of carbonyl (C=O) groups excluding carboxylic acids is 2. The number of rotatable bonds is 33. The van der Waals surface area contributed by atoms with Gasteiger partial charge in [0.15, 0.2) is 5.82 Å². The van der Waals surface area contributed by atoms with Crippen LogP contribution in [0.25, 0.3) is 11.4 Å². The number of carbonyl (C=O) groups is 2. The lowest BCUT2D eigenvalue weighted by atomic mass is 9.70. The maximum atomic E-state index is 15.0. The van der Waals surface area contributed by atoms with Crippen molar-refractivity contribution in [3.8, 4) is 11.4 Å². The van der Waals surface area contributed by atoms with E-state index in [1.807, 2.05) is 113 Å². The van der Waals surface area contributed by atoms with Crippen LogP contribution in [0.4, 0.5) is 10.1 Å². The summed E-state index contributed by atoms with van der Waals surface area (Å²) >= 11 is 0. The van der Waals surface area contributed by atoms with E-state index in [1.165, 1.54) is 19.1 Å². The molecule has 2 aliphatic rings. The highest BCUT2D eigenvalue weighted by Crippen LogP contribution is 2.50. The van der Waals surface area contributed by atoms with E-state index in [4.69, 9.17) is 38.5 Å². The second kappa shape index (κ2) is 31.3. The van der Waals surface area contributed by atoms with Gasteiger partial charge in [0.1, 0.15) is 59.9 Å². The zero-order chi connectivity index (χ0) is 61.2. The highest BCUT2D eigenvalue weighted by Gasteiger charge is 2.63. The Morgan fingerprint density at radius 1 is 0.598 bits per heavy atom. The number of ether oxygens (including phenoxy) is 6. The Hall–Kier alpha value is -6.91. The highest BCUT2D eigenvalue weighted by molar-refractivity contribution is 6.03. The summed E-state index contributed by atoms with van der Waals surface area (Å²) in [5.74, 6) is -1.03. The fourth-order valence-electron chi connectivity index (χ4n) is 12.5. The van der Waals surface area contributed by atoms with Crippen molar-refractivity contribution in [3.63, 3.8) is 0 Å². The molecule has 1 aromatic heterocycles. The maximum Gasteiger partial charge on any atom is 0.303 e. The largest absolute Gasteiger partial charge is 0.458 e. The molecule has 87 heavy (non-hydrogen) atoms. The van der Waals surface area contributed by atoms with Crippen molar-refractivity contribution in [1.29, 1.82) is 0 Å².